The fourth-order valence-corrected chi connectivity index (χ4v) is 1.77. The summed E-state index contributed by atoms with van der Waals surface area (Å²) in [5.74, 6) is 0. The molecule has 0 radical (unpaired) electrons. The van der Waals surface area contributed by atoms with Crippen molar-refractivity contribution in [3.8, 4) is 0 Å². The molecule has 0 aromatic heterocycles. The maximum atomic E-state index is 11.5. The lowest BCUT2D eigenvalue weighted by atomic mass is 10.2. The van der Waals surface area contributed by atoms with Crippen LogP contribution in [0.5, 0.6) is 0 Å². The Morgan fingerprint density at radius 3 is 2.05 bits per heavy atom. The summed E-state index contributed by atoms with van der Waals surface area (Å²) in [6, 6.07) is 19.4. The van der Waals surface area contributed by atoms with Gasteiger partial charge in [-0.15, -0.1) is 0 Å². The monoisotopic (exact) mass is 300 g/mol. The number of carbonyl (C=O) groups is 1. The van der Waals surface area contributed by atoms with E-state index in [0.29, 0.717) is 19.7 Å². The van der Waals surface area contributed by atoms with E-state index >= 15 is 0 Å². The minimum Gasteiger partial charge on any atom is -0.445 e. The van der Waals surface area contributed by atoms with Crippen LogP contribution in [0.25, 0.3) is 0 Å². The largest absolute Gasteiger partial charge is 0.445 e. The molecule has 116 valence electrons. The Morgan fingerprint density at radius 1 is 0.818 bits per heavy atom. The van der Waals surface area contributed by atoms with E-state index in [-0.39, 0.29) is 6.61 Å². The maximum Gasteiger partial charge on any atom is 0.407 e. The first-order valence-corrected chi connectivity index (χ1v) is 7.18. The van der Waals surface area contributed by atoms with Gasteiger partial charge in [-0.05, 0) is 11.1 Å². The molecule has 0 unspecified atom stereocenters. The summed E-state index contributed by atoms with van der Waals surface area (Å²) < 4.78 is 5.09. The van der Waals surface area contributed by atoms with Crippen LogP contribution in [0.3, 0.4) is 0 Å². The number of amides is 1. The summed E-state index contributed by atoms with van der Waals surface area (Å²) in [4.78, 5) is 16.8. The van der Waals surface area contributed by atoms with E-state index in [4.69, 9.17) is 9.57 Å². The van der Waals surface area contributed by atoms with Crippen LogP contribution in [0.2, 0.25) is 0 Å². The first-order chi connectivity index (χ1) is 10.8. The van der Waals surface area contributed by atoms with Gasteiger partial charge >= 0.3 is 6.09 Å². The number of alkyl carbamates (subject to hydrolysis) is 1. The predicted octanol–water partition coefficient (Wildman–Crippen LogP) is 2.63. The lowest BCUT2D eigenvalue weighted by Crippen LogP contribution is -2.32. The molecule has 0 bridgehead atoms. The summed E-state index contributed by atoms with van der Waals surface area (Å²) in [5.41, 5.74) is 4.84. The van der Waals surface area contributed by atoms with Crippen molar-refractivity contribution in [2.45, 2.75) is 13.2 Å². The Kier molecular flexibility index (Phi) is 6.95. The maximum absolute atomic E-state index is 11.5. The van der Waals surface area contributed by atoms with Crippen LogP contribution < -0.4 is 10.8 Å². The zero-order valence-corrected chi connectivity index (χ0v) is 12.3. The summed E-state index contributed by atoms with van der Waals surface area (Å²) in [7, 11) is 0. The van der Waals surface area contributed by atoms with E-state index in [1.807, 2.05) is 60.7 Å². The minimum atomic E-state index is -0.436. The predicted molar refractivity (Wildman–Crippen MR) is 83.9 cm³/mol. The van der Waals surface area contributed by atoms with E-state index in [9.17, 15) is 4.79 Å². The topological polar surface area (TPSA) is 59.6 Å². The van der Waals surface area contributed by atoms with Crippen molar-refractivity contribution in [1.82, 2.24) is 10.8 Å². The van der Waals surface area contributed by atoms with Gasteiger partial charge in [0, 0.05) is 13.1 Å². The van der Waals surface area contributed by atoms with E-state index < -0.39 is 6.09 Å². The molecule has 0 aliphatic rings. The molecule has 0 fully saturated rings. The number of benzene rings is 2. The molecule has 5 heteroatoms. The smallest absolute Gasteiger partial charge is 0.407 e. The molecule has 0 aliphatic carbocycles. The summed E-state index contributed by atoms with van der Waals surface area (Å²) in [6.07, 6.45) is -0.436. The highest BCUT2D eigenvalue weighted by atomic mass is 16.6. The van der Waals surface area contributed by atoms with E-state index in [1.165, 1.54) is 0 Å². The molecule has 0 saturated carbocycles. The van der Waals surface area contributed by atoms with Crippen LogP contribution in [0.15, 0.2) is 60.7 Å². The normalized spacial score (nSPS) is 10.2. The molecule has 0 aliphatic heterocycles. The van der Waals surface area contributed by atoms with Gasteiger partial charge in [0.2, 0.25) is 0 Å². The summed E-state index contributed by atoms with van der Waals surface area (Å²) in [6.45, 7) is 1.69. The molecule has 5 nitrogen and oxygen atoms in total. The molecule has 22 heavy (non-hydrogen) atoms. The third-order valence-corrected chi connectivity index (χ3v) is 2.89. The molecule has 2 aromatic rings. The lowest BCUT2D eigenvalue weighted by molar-refractivity contribution is 0.0286. The van der Waals surface area contributed by atoms with Crippen molar-refractivity contribution in [1.29, 1.82) is 0 Å². The number of rotatable bonds is 8. The average molecular weight is 300 g/mol. The minimum absolute atomic E-state index is 0.268. The van der Waals surface area contributed by atoms with Crippen LogP contribution in [0, 0.1) is 0 Å². The van der Waals surface area contributed by atoms with Gasteiger partial charge in [0.05, 0.1) is 6.61 Å². The second kappa shape index (κ2) is 9.55. The number of ether oxygens (including phenoxy) is 1. The average Bonchev–Trinajstić information content (AvgIpc) is 2.58. The summed E-state index contributed by atoms with van der Waals surface area (Å²) >= 11 is 0. The Morgan fingerprint density at radius 2 is 1.41 bits per heavy atom. The van der Waals surface area contributed by atoms with Gasteiger partial charge in [0.25, 0.3) is 0 Å². The third-order valence-electron chi connectivity index (χ3n) is 2.89. The number of hydroxylamine groups is 1. The van der Waals surface area contributed by atoms with Gasteiger partial charge in [-0.2, -0.15) is 0 Å². The van der Waals surface area contributed by atoms with Gasteiger partial charge in [-0.3, -0.25) is 4.84 Å². The molecule has 0 spiro atoms. The van der Waals surface area contributed by atoms with Gasteiger partial charge < -0.3 is 10.1 Å². The number of nitrogens with one attached hydrogen (secondary N) is 2. The molecule has 0 atom stereocenters. The van der Waals surface area contributed by atoms with Gasteiger partial charge in [-0.25, -0.2) is 10.3 Å². The summed E-state index contributed by atoms with van der Waals surface area (Å²) in [5, 5.41) is 2.65. The Balaban J connectivity index is 1.49. The van der Waals surface area contributed by atoms with E-state index in [0.717, 1.165) is 11.1 Å². The van der Waals surface area contributed by atoms with E-state index in [1.54, 1.807) is 0 Å². The fraction of sp³-hybridized carbons (Fsp3) is 0.235. The van der Waals surface area contributed by atoms with Crippen LogP contribution in [-0.2, 0) is 22.8 Å². The lowest BCUT2D eigenvalue weighted by Gasteiger charge is -2.08. The number of carbonyl (C=O) groups excluding carboxylic acids is 1. The zero-order chi connectivity index (χ0) is 15.5. The van der Waals surface area contributed by atoms with Crippen molar-refractivity contribution < 1.29 is 14.4 Å². The molecular weight excluding hydrogens is 280 g/mol. The SMILES string of the molecule is O=C(NCCNOCc1ccccc1)OCc1ccccc1. The number of hydrogen-bond acceptors (Lipinski definition) is 4. The Hall–Kier alpha value is -2.37. The molecule has 1 amide bonds. The highest BCUT2D eigenvalue weighted by Gasteiger charge is 2.01. The standard InChI is InChI=1S/C17H20N2O3/c20-17(21-13-15-7-3-1-4-8-15)18-11-12-19-22-14-16-9-5-2-6-10-16/h1-10,19H,11-14H2,(H,18,20). The van der Waals surface area contributed by atoms with Crippen molar-refractivity contribution >= 4 is 6.09 Å². The molecule has 0 saturated heterocycles. The van der Waals surface area contributed by atoms with Crippen molar-refractivity contribution in [3.63, 3.8) is 0 Å². The Bertz CT molecular complexity index is 546. The van der Waals surface area contributed by atoms with E-state index in [2.05, 4.69) is 10.8 Å². The fourth-order valence-electron chi connectivity index (χ4n) is 1.77. The molecule has 2 aromatic carbocycles. The van der Waals surface area contributed by atoms with Crippen molar-refractivity contribution in [2.24, 2.45) is 0 Å². The highest BCUT2D eigenvalue weighted by molar-refractivity contribution is 5.67. The zero-order valence-electron chi connectivity index (χ0n) is 12.3. The first-order valence-electron chi connectivity index (χ1n) is 7.18. The van der Waals surface area contributed by atoms with Gasteiger partial charge in [0.1, 0.15) is 6.61 Å². The third kappa shape index (κ3) is 6.39. The first kappa shape index (κ1) is 16.0. The molecule has 0 heterocycles. The van der Waals surface area contributed by atoms with Crippen molar-refractivity contribution in [2.75, 3.05) is 13.1 Å². The molecule has 2 rings (SSSR count). The molecular formula is C17H20N2O3. The quantitative estimate of drug-likeness (QED) is 0.581. The second-order valence-electron chi connectivity index (χ2n) is 4.66. The van der Waals surface area contributed by atoms with Crippen LogP contribution in [0.4, 0.5) is 4.79 Å². The van der Waals surface area contributed by atoms with Gasteiger partial charge in [0.15, 0.2) is 0 Å². The Labute approximate surface area is 130 Å². The van der Waals surface area contributed by atoms with Gasteiger partial charge in [-0.1, -0.05) is 60.7 Å². The highest BCUT2D eigenvalue weighted by Crippen LogP contribution is 2.00. The van der Waals surface area contributed by atoms with Crippen LogP contribution in [0.1, 0.15) is 11.1 Å². The number of hydrogen-bond donors (Lipinski definition) is 2. The molecule has 2 N–H and O–H groups in total. The second-order valence-corrected chi connectivity index (χ2v) is 4.66. The van der Waals surface area contributed by atoms with Crippen LogP contribution >= 0.6 is 0 Å². The van der Waals surface area contributed by atoms with Crippen LogP contribution in [-0.4, -0.2) is 19.2 Å². The van der Waals surface area contributed by atoms with Crippen molar-refractivity contribution in [3.05, 3.63) is 71.8 Å².